The van der Waals surface area contributed by atoms with E-state index < -0.39 is 23.7 Å². The zero-order valence-electron chi connectivity index (χ0n) is 15.5. The van der Waals surface area contributed by atoms with Crippen LogP contribution in [0.4, 0.5) is 4.39 Å². The van der Waals surface area contributed by atoms with Crippen LogP contribution < -0.4 is 0 Å². The summed E-state index contributed by atoms with van der Waals surface area (Å²) in [6.45, 7) is 7.66. The molecule has 8 atom stereocenters. The first-order chi connectivity index (χ1) is 11.7. The van der Waals surface area contributed by atoms with Crippen LogP contribution in [0.25, 0.3) is 0 Å². The van der Waals surface area contributed by atoms with Crippen molar-refractivity contribution in [3.63, 3.8) is 0 Å². The third-order valence-corrected chi connectivity index (χ3v) is 6.70. The molecule has 2 aliphatic carbocycles. The van der Waals surface area contributed by atoms with Crippen molar-refractivity contribution in [3.8, 4) is 0 Å². The molecule has 0 radical (unpaired) electrons. The second kappa shape index (κ2) is 6.95. The molecule has 6 heteroatoms. The van der Waals surface area contributed by atoms with Crippen LogP contribution in [-0.2, 0) is 23.8 Å². The van der Waals surface area contributed by atoms with Crippen LogP contribution in [0.15, 0.2) is 0 Å². The Morgan fingerprint density at radius 3 is 2.52 bits per heavy atom. The van der Waals surface area contributed by atoms with Gasteiger partial charge in [-0.05, 0) is 56.3 Å². The van der Waals surface area contributed by atoms with Crippen molar-refractivity contribution in [2.45, 2.75) is 52.8 Å². The van der Waals surface area contributed by atoms with Crippen LogP contribution in [0.1, 0.15) is 47.0 Å². The summed E-state index contributed by atoms with van der Waals surface area (Å²) in [5.74, 6) is -1.97. The second-order valence-electron chi connectivity index (χ2n) is 8.21. The Hall–Kier alpha value is -1.01. The van der Waals surface area contributed by atoms with E-state index in [1.54, 1.807) is 6.92 Å². The molecule has 0 amide bonds. The van der Waals surface area contributed by atoms with E-state index in [1.807, 2.05) is 6.92 Å². The minimum atomic E-state index is -1.74. The van der Waals surface area contributed by atoms with E-state index in [-0.39, 0.29) is 30.5 Å². The number of alkyl halides is 1. The van der Waals surface area contributed by atoms with Gasteiger partial charge in [-0.3, -0.25) is 9.59 Å². The van der Waals surface area contributed by atoms with E-state index in [1.165, 1.54) is 6.92 Å². The van der Waals surface area contributed by atoms with Gasteiger partial charge in [0.15, 0.2) is 0 Å². The van der Waals surface area contributed by atoms with E-state index >= 15 is 0 Å². The lowest BCUT2D eigenvalue weighted by Gasteiger charge is -2.39. The average molecular weight is 356 g/mol. The van der Waals surface area contributed by atoms with Crippen molar-refractivity contribution in [2.75, 3.05) is 13.4 Å². The Morgan fingerprint density at radius 1 is 1.24 bits per heavy atom. The molecule has 25 heavy (non-hydrogen) atoms. The maximum atomic E-state index is 14.8. The molecule has 0 spiro atoms. The number of carbonyl (C=O) groups excluding carboxylic acids is 2. The molecule has 3 rings (SSSR count). The molecule has 5 nitrogen and oxygen atoms in total. The highest BCUT2D eigenvalue weighted by Crippen LogP contribution is 2.60. The molecular formula is C19H29FO5. The fourth-order valence-corrected chi connectivity index (χ4v) is 5.51. The van der Waals surface area contributed by atoms with Crippen molar-refractivity contribution in [1.82, 2.24) is 0 Å². The summed E-state index contributed by atoms with van der Waals surface area (Å²) in [5.41, 5.74) is 0. The van der Waals surface area contributed by atoms with Gasteiger partial charge < -0.3 is 14.2 Å². The van der Waals surface area contributed by atoms with E-state index in [0.29, 0.717) is 24.9 Å². The van der Waals surface area contributed by atoms with Crippen molar-refractivity contribution in [3.05, 3.63) is 0 Å². The van der Waals surface area contributed by atoms with Crippen LogP contribution in [0, 0.1) is 41.4 Å². The zero-order valence-corrected chi connectivity index (χ0v) is 15.5. The molecule has 3 aliphatic rings. The monoisotopic (exact) mass is 356 g/mol. The Balaban J connectivity index is 1.69. The number of cyclic esters (lactones) is 2. The highest BCUT2D eigenvalue weighted by atomic mass is 19.2. The van der Waals surface area contributed by atoms with Crippen LogP contribution in [0.3, 0.4) is 0 Å². The summed E-state index contributed by atoms with van der Waals surface area (Å²) in [5, 5.41) is 0. The molecule has 2 bridgehead atoms. The maximum absolute atomic E-state index is 14.8. The van der Waals surface area contributed by atoms with Gasteiger partial charge in [0.2, 0.25) is 5.85 Å². The van der Waals surface area contributed by atoms with Gasteiger partial charge in [-0.25, -0.2) is 4.39 Å². The Morgan fingerprint density at radius 2 is 1.96 bits per heavy atom. The van der Waals surface area contributed by atoms with Gasteiger partial charge in [0.05, 0.1) is 11.8 Å². The van der Waals surface area contributed by atoms with Gasteiger partial charge in [-0.1, -0.05) is 13.8 Å². The van der Waals surface area contributed by atoms with Crippen LogP contribution in [0.2, 0.25) is 0 Å². The minimum absolute atomic E-state index is 0.0510. The summed E-state index contributed by atoms with van der Waals surface area (Å²) in [7, 11) is 0. The maximum Gasteiger partial charge on any atom is 0.317 e. The normalized spacial score (nSPS) is 42.7. The summed E-state index contributed by atoms with van der Waals surface area (Å²) in [6.07, 6.45) is 2.27. The van der Waals surface area contributed by atoms with Crippen molar-refractivity contribution >= 4 is 11.9 Å². The molecule has 1 aliphatic heterocycles. The predicted molar refractivity (Wildman–Crippen MR) is 87.8 cm³/mol. The fraction of sp³-hybridized carbons (Fsp3) is 0.895. The number of halogens is 1. The first-order valence-electron chi connectivity index (χ1n) is 9.41. The quantitative estimate of drug-likeness (QED) is 0.303. The molecule has 2 saturated carbocycles. The van der Waals surface area contributed by atoms with Gasteiger partial charge in [-0.2, -0.15) is 0 Å². The molecule has 8 unspecified atom stereocenters. The summed E-state index contributed by atoms with van der Waals surface area (Å²) in [6, 6.07) is 0. The number of ether oxygens (including phenoxy) is 3. The van der Waals surface area contributed by atoms with Gasteiger partial charge in [0, 0.05) is 13.0 Å². The second-order valence-corrected chi connectivity index (χ2v) is 8.21. The summed E-state index contributed by atoms with van der Waals surface area (Å²) in [4.78, 5) is 24.0. The largest absolute Gasteiger partial charge is 0.393 e. The highest BCUT2D eigenvalue weighted by molar-refractivity contribution is 5.96. The van der Waals surface area contributed by atoms with Gasteiger partial charge in [0.25, 0.3) is 0 Å². The Bertz CT molecular complexity index is 534. The van der Waals surface area contributed by atoms with Crippen molar-refractivity contribution < 1.29 is 28.2 Å². The fourth-order valence-electron chi connectivity index (χ4n) is 5.51. The molecule has 0 aromatic carbocycles. The molecule has 0 aromatic heterocycles. The van der Waals surface area contributed by atoms with E-state index in [4.69, 9.17) is 14.2 Å². The van der Waals surface area contributed by atoms with Crippen molar-refractivity contribution in [1.29, 1.82) is 0 Å². The topological polar surface area (TPSA) is 61.8 Å². The number of esters is 2. The Labute approximate surface area is 148 Å². The van der Waals surface area contributed by atoms with E-state index in [0.717, 1.165) is 12.8 Å². The zero-order chi connectivity index (χ0) is 18.4. The van der Waals surface area contributed by atoms with Crippen LogP contribution >= 0.6 is 0 Å². The third kappa shape index (κ3) is 3.47. The molecule has 0 N–H and O–H groups in total. The van der Waals surface area contributed by atoms with E-state index in [2.05, 4.69) is 6.92 Å². The first-order valence-corrected chi connectivity index (χ1v) is 9.41. The molecule has 3 fully saturated rings. The number of hydrogen-bond donors (Lipinski definition) is 0. The molecule has 1 saturated heterocycles. The molecule has 0 aromatic rings. The number of fused-ring (bicyclic) bond motifs is 2. The Kier molecular flexibility index (Phi) is 5.22. The first kappa shape index (κ1) is 18.8. The molecular weight excluding hydrogens is 327 g/mol. The lowest BCUT2D eigenvalue weighted by Crippen LogP contribution is -2.39. The third-order valence-electron chi connectivity index (χ3n) is 6.70. The van der Waals surface area contributed by atoms with Gasteiger partial charge >= 0.3 is 11.9 Å². The standard InChI is InChI=1S/C19H29FO5/c1-5-23-9-24-19(4,20)8-13-6-12-7-14(13)15(10(12)2)16-11(3)17(21)25-18(16)22/h10-16H,5-9H2,1-4H3. The van der Waals surface area contributed by atoms with Crippen LogP contribution in [-0.4, -0.2) is 31.2 Å². The van der Waals surface area contributed by atoms with Crippen molar-refractivity contribution in [2.24, 2.45) is 41.4 Å². The smallest absolute Gasteiger partial charge is 0.317 e. The lowest BCUT2D eigenvalue weighted by atomic mass is 9.65. The number of rotatable bonds is 7. The van der Waals surface area contributed by atoms with Gasteiger partial charge in [-0.15, -0.1) is 0 Å². The van der Waals surface area contributed by atoms with Gasteiger partial charge in [0.1, 0.15) is 6.79 Å². The van der Waals surface area contributed by atoms with E-state index in [9.17, 15) is 14.0 Å². The lowest BCUT2D eigenvalue weighted by molar-refractivity contribution is -0.205. The highest BCUT2D eigenvalue weighted by Gasteiger charge is 2.59. The predicted octanol–water partition coefficient (Wildman–Crippen LogP) is 3.32. The number of hydrogen-bond acceptors (Lipinski definition) is 5. The SMILES string of the molecule is CCOCOC(C)(F)CC1CC2CC1C(C1C(=O)OC(=O)C1C)C2C. The number of carbonyl (C=O) groups is 2. The molecule has 142 valence electrons. The minimum Gasteiger partial charge on any atom is -0.393 e. The molecule has 1 heterocycles. The summed E-state index contributed by atoms with van der Waals surface area (Å²) < 4.78 is 30.0. The summed E-state index contributed by atoms with van der Waals surface area (Å²) >= 11 is 0. The van der Waals surface area contributed by atoms with Crippen LogP contribution in [0.5, 0.6) is 0 Å². The average Bonchev–Trinajstić information content (AvgIpc) is 3.13.